The third-order valence-electron chi connectivity index (χ3n) is 4.52. The summed E-state index contributed by atoms with van der Waals surface area (Å²) < 4.78 is 29.7. The Morgan fingerprint density at radius 3 is 2.74 bits per heavy atom. The SMILES string of the molecule is C=CCN(c1ccccc1Cl)S(=O)(=O)c1cccc(C(=O)NC(C)Cn2ccnc2)c1. The molecule has 0 fully saturated rings. The first-order chi connectivity index (χ1) is 14.8. The van der Waals surface area contributed by atoms with Crippen LogP contribution in [-0.4, -0.2) is 36.5 Å². The van der Waals surface area contributed by atoms with Gasteiger partial charge in [0.25, 0.3) is 15.9 Å². The number of sulfonamides is 1. The number of halogens is 1. The van der Waals surface area contributed by atoms with Crippen molar-refractivity contribution in [3.8, 4) is 0 Å². The maximum absolute atomic E-state index is 13.4. The number of imidazole rings is 1. The van der Waals surface area contributed by atoms with Gasteiger partial charge in [-0.25, -0.2) is 13.4 Å². The second kappa shape index (κ2) is 9.80. The van der Waals surface area contributed by atoms with Crippen LogP contribution in [0.3, 0.4) is 0 Å². The number of aromatic nitrogens is 2. The van der Waals surface area contributed by atoms with Crippen LogP contribution in [0.1, 0.15) is 17.3 Å². The fourth-order valence-electron chi connectivity index (χ4n) is 3.09. The molecule has 31 heavy (non-hydrogen) atoms. The topological polar surface area (TPSA) is 84.3 Å². The van der Waals surface area contributed by atoms with E-state index in [1.807, 2.05) is 11.5 Å². The molecule has 1 atom stereocenters. The molecule has 0 spiro atoms. The standard InChI is InChI=1S/C22H23ClN4O3S/c1-3-12-27(21-10-5-4-9-20(21)23)31(29,30)19-8-6-7-18(14-19)22(28)25-17(2)15-26-13-11-24-16-26/h3-11,13-14,16-17H,1,12,15H2,2H3,(H,25,28). The summed E-state index contributed by atoms with van der Waals surface area (Å²) in [6.07, 6.45) is 6.61. The van der Waals surface area contributed by atoms with E-state index in [4.69, 9.17) is 11.6 Å². The molecule has 1 amide bonds. The first kappa shape index (κ1) is 22.6. The van der Waals surface area contributed by atoms with Crippen molar-refractivity contribution < 1.29 is 13.2 Å². The number of carbonyl (C=O) groups excluding carboxylic acids is 1. The van der Waals surface area contributed by atoms with Crippen LogP contribution in [0.2, 0.25) is 5.02 Å². The number of nitrogens with zero attached hydrogens (tertiary/aromatic N) is 3. The van der Waals surface area contributed by atoms with Crippen LogP contribution in [-0.2, 0) is 16.6 Å². The summed E-state index contributed by atoms with van der Waals surface area (Å²) in [5, 5.41) is 3.18. The first-order valence-corrected chi connectivity index (χ1v) is 11.4. The molecule has 0 bridgehead atoms. The summed E-state index contributed by atoms with van der Waals surface area (Å²) in [4.78, 5) is 16.7. The zero-order chi connectivity index (χ0) is 22.4. The van der Waals surface area contributed by atoms with E-state index in [2.05, 4.69) is 16.9 Å². The number of hydrogen-bond acceptors (Lipinski definition) is 4. The van der Waals surface area contributed by atoms with Gasteiger partial charge in [-0.15, -0.1) is 6.58 Å². The maximum atomic E-state index is 13.4. The fraction of sp³-hybridized carbons (Fsp3) is 0.182. The van der Waals surface area contributed by atoms with E-state index < -0.39 is 10.0 Å². The molecule has 9 heteroatoms. The van der Waals surface area contributed by atoms with Gasteiger partial charge in [0.2, 0.25) is 0 Å². The highest BCUT2D eigenvalue weighted by atomic mass is 35.5. The lowest BCUT2D eigenvalue weighted by Gasteiger charge is -2.24. The fourth-order valence-corrected chi connectivity index (χ4v) is 4.87. The normalized spacial score (nSPS) is 12.2. The first-order valence-electron chi connectivity index (χ1n) is 9.57. The average molecular weight is 459 g/mol. The molecule has 162 valence electrons. The lowest BCUT2D eigenvalue weighted by Crippen LogP contribution is -2.36. The highest BCUT2D eigenvalue weighted by molar-refractivity contribution is 7.92. The second-order valence-corrected chi connectivity index (χ2v) is 9.21. The molecular formula is C22H23ClN4O3S. The average Bonchev–Trinajstić information content (AvgIpc) is 3.25. The summed E-state index contributed by atoms with van der Waals surface area (Å²) in [5.74, 6) is -0.363. The van der Waals surface area contributed by atoms with Crippen molar-refractivity contribution in [2.75, 3.05) is 10.8 Å². The van der Waals surface area contributed by atoms with E-state index in [9.17, 15) is 13.2 Å². The zero-order valence-electron chi connectivity index (χ0n) is 17.0. The van der Waals surface area contributed by atoms with E-state index in [0.29, 0.717) is 17.3 Å². The number of carbonyl (C=O) groups is 1. The van der Waals surface area contributed by atoms with Crippen LogP contribution in [0.4, 0.5) is 5.69 Å². The minimum absolute atomic E-state index is 0.0100. The number of para-hydroxylation sites is 1. The van der Waals surface area contributed by atoms with Crippen LogP contribution in [0, 0.1) is 0 Å². The molecule has 0 saturated carbocycles. The maximum Gasteiger partial charge on any atom is 0.264 e. The van der Waals surface area contributed by atoms with Crippen LogP contribution in [0.15, 0.2) is 84.8 Å². The summed E-state index contributed by atoms with van der Waals surface area (Å²) in [6, 6.07) is 12.4. The predicted octanol–water partition coefficient (Wildman–Crippen LogP) is 3.74. The van der Waals surface area contributed by atoms with Gasteiger partial charge in [-0.3, -0.25) is 9.10 Å². The largest absolute Gasteiger partial charge is 0.348 e. The van der Waals surface area contributed by atoms with Gasteiger partial charge in [-0.1, -0.05) is 35.9 Å². The molecule has 7 nitrogen and oxygen atoms in total. The third-order valence-corrected chi connectivity index (χ3v) is 6.62. The Bertz CT molecular complexity index is 1160. The number of amides is 1. The Morgan fingerprint density at radius 1 is 1.29 bits per heavy atom. The van der Waals surface area contributed by atoms with Gasteiger partial charge < -0.3 is 9.88 Å². The molecule has 1 unspecified atom stereocenters. The Balaban J connectivity index is 1.85. The lowest BCUT2D eigenvalue weighted by atomic mass is 10.2. The molecule has 3 aromatic rings. The Labute approximate surface area is 187 Å². The van der Waals surface area contributed by atoms with E-state index in [1.54, 1.807) is 55.1 Å². The number of benzene rings is 2. The number of rotatable bonds is 9. The van der Waals surface area contributed by atoms with Gasteiger partial charge in [0.15, 0.2) is 0 Å². The number of hydrogen-bond donors (Lipinski definition) is 1. The Kier molecular flexibility index (Phi) is 7.14. The highest BCUT2D eigenvalue weighted by Gasteiger charge is 2.26. The Hall–Kier alpha value is -3.10. The molecule has 0 aliphatic heterocycles. The number of anilines is 1. The van der Waals surface area contributed by atoms with Gasteiger partial charge in [-0.05, 0) is 37.3 Å². The van der Waals surface area contributed by atoms with Crippen molar-refractivity contribution in [3.05, 3.63) is 90.5 Å². The molecule has 1 aromatic heterocycles. The van der Waals surface area contributed by atoms with Crippen LogP contribution in [0.25, 0.3) is 0 Å². The van der Waals surface area contributed by atoms with Gasteiger partial charge >= 0.3 is 0 Å². The van der Waals surface area contributed by atoms with Crippen molar-refractivity contribution in [3.63, 3.8) is 0 Å². The van der Waals surface area contributed by atoms with E-state index in [-0.39, 0.29) is 29.0 Å². The van der Waals surface area contributed by atoms with Crippen molar-refractivity contribution in [2.45, 2.75) is 24.4 Å². The van der Waals surface area contributed by atoms with Crippen LogP contribution >= 0.6 is 11.6 Å². The van der Waals surface area contributed by atoms with E-state index >= 15 is 0 Å². The van der Waals surface area contributed by atoms with Crippen molar-refractivity contribution in [1.82, 2.24) is 14.9 Å². The quantitative estimate of drug-likeness (QED) is 0.495. The van der Waals surface area contributed by atoms with Gasteiger partial charge in [-0.2, -0.15) is 0 Å². The third kappa shape index (κ3) is 5.34. The van der Waals surface area contributed by atoms with Gasteiger partial charge in [0.05, 0.1) is 28.5 Å². The van der Waals surface area contributed by atoms with Crippen molar-refractivity contribution >= 4 is 33.2 Å². The summed E-state index contributed by atoms with van der Waals surface area (Å²) >= 11 is 6.23. The summed E-state index contributed by atoms with van der Waals surface area (Å²) in [5.41, 5.74) is 0.587. The lowest BCUT2D eigenvalue weighted by molar-refractivity contribution is 0.0936. The molecule has 0 aliphatic rings. The molecule has 0 saturated heterocycles. The zero-order valence-corrected chi connectivity index (χ0v) is 18.6. The summed E-state index contributed by atoms with van der Waals surface area (Å²) in [6.45, 7) is 6.09. The molecule has 2 aromatic carbocycles. The smallest absolute Gasteiger partial charge is 0.264 e. The second-order valence-electron chi connectivity index (χ2n) is 6.94. The van der Waals surface area contributed by atoms with E-state index in [1.165, 1.54) is 22.5 Å². The molecule has 3 rings (SSSR count). The van der Waals surface area contributed by atoms with Crippen molar-refractivity contribution in [2.24, 2.45) is 0 Å². The van der Waals surface area contributed by atoms with E-state index in [0.717, 1.165) is 0 Å². The minimum Gasteiger partial charge on any atom is -0.348 e. The van der Waals surface area contributed by atoms with Gasteiger partial charge in [0, 0.05) is 30.5 Å². The predicted molar refractivity (Wildman–Crippen MR) is 122 cm³/mol. The van der Waals surface area contributed by atoms with Gasteiger partial charge in [0.1, 0.15) is 0 Å². The van der Waals surface area contributed by atoms with Crippen molar-refractivity contribution in [1.29, 1.82) is 0 Å². The molecule has 0 radical (unpaired) electrons. The summed E-state index contributed by atoms with van der Waals surface area (Å²) in [7, 11) is -3.98. The molecule has 0 aliphatic carbocycles. The Morgan fingerprint density at radius 2 is 2.06 bits per heavy atom. The van der Waals surface area contributed by atoms with Crippen LogP contribution < -0.4 is 9.62 Å². The molecule has 1 N–H and O–H groups in total. The van der Waals surface area contributed by atoms with Crippen LogP contribution in [0.5, 0.6) is 0 Å². The highest BCUT2D eigenvalue weighted by Crippen LogP contribution is 2.30. The number of nitrogens with one attached hydrogen (secondary N) is 1. The monoisotopic (exact) mass is 458 g/mol. The molecular weight excluding hydrogens is 436 g/mol. The minimum atomic E-state index is -3.98. The molecule has 1 heterocycles.